The van der Waals surface area contributed by atoms with E-state index in [1.165, 1.54) is 0 Å². The topological polar surface area (TPSA) is 74.6 Å². The van der Waals surface area contributed by atoms with Gasteiger partial charge in [0.1, 0.15) is 0 Å². The fourth-order valence-corrected chi connectivity index (χ4v) is 1.01. The van der Waals surface area contributed by atoms with Crippen molar-refractivity contribution in [2.75, 3.05) is 0 Å². The van der Waals surface area contributed by atoms with E-state index in [0.29, 0.717) is 0 Å². The highest BCUT2D eigenvalue weighted by molar-refractivity contribution is 6.07. The van der Waals surface area contributed by atoms with Crippen LogP contribution in [0.1, 0.15) is 37.3 Å². The third-order valence-corrected chi connectivity index (χ3v) is 1.67. The van der Waals surface area contributed by atoms with E-state index in [9.17, 15) is 19.8 Å². The Morgan fingerprint density at radius 1 is 1.07 bits per heavy atom. The summed E-state index contributed by atoms with van der Waals surface area (Å²) in [6.07, 6.45) is 0. The van der Waals surface area contributed by atoms with Gasteiger partial charge in [-0.15, -0.1) is 0 Å². The second-order valence-corrected chi connectivity index (χ2v) is 2.81. The van der Waals surface area contributed by atoms with Crippen LogP contribution in [0.5, 0.6) is 11.5 Å². The first-order valence-electron chi connectivity index (χ1n) is 4.86. The summed E-state index contributed by atoms with van der Waals surface area (Å²) in [6.45, 7) is 2.24. The SMILES string of the molecule is [2H]c1c(O)c(O)c([2H])c(C(C)=O)c1C(C)=O. The van der Waals surface area contributed by atoms with E-state index in [-0.39, 0.29) is 11.1 Å². The van der Waals surface area contributed by atoms with Crippen LogP contribution in [-0.4, -0.2) is 21.8 Å². The van der Waals surface area contributed by atoms with Gasteiger partial charge in [0.25, 0.3) is 0 Å². The number of rotatable bonds is 2. The van der Waals surface area contributed by atoms with Crippen molar-refractivity contribution < 1.29 is 22.5 Å². The van der Waals surface area contributed by atoms with Gasteiger partial charge in [0, 0.05) is 11.1 Å². The van der Waals surface area contributed by atoms with E-state index in [4.69, 9.17) is 2.74 Å². The highest BCUT2D eigenvalue weighted by Gasteiger charge is 2.14. The molecule has 1 aromatic rings. The molecule has 0 aliphatic heterocycles. The Balaban J connectivity index is 3.83. The lowest BCUT2D eigenvalue weighted by molar-refractivity contribution is 0.0980. The molecule has 74 valence electrons. The predicted octanol–water partition coefficient (Wildman–Crippen LogP) is 1.50. The molecule has 4 nitrogen and oxygen atoms in total. The molecule has 0 heterocycles. The van der Waals surface area contributed by atoms with E-state index >= 15 is 0 Å². The number of hydrogen-bond donors (Lipinski definition) is 2. The minimum atomic E-state index is -0.861. The third-order valence-electron chi connectivity index (χ3n) is 1.67. The van der Waals surface area contributed by atoms with Crippen molar-refractivity contribution in [2.24, 2.45) is 0 Å². The number of hydrogen-bond acceptors (Lipinski definition) is 4. The Labute approximate surface area is 83.6 Å². The molecule has 0 spiro atoms. The summed E-state index contributed by atoms with van der Waals surface area (Å²) in [5.41, 5.74) is -0.680. The second kappa shape index (κ2) is 3.49. The van der Waals surface area contributed by atoms with Gasteiger partial charge in [0.15, 0.2) is 23.1 Å². The Morgan fingerprint density at radius 3 is 1.57 bits per heavy atom. The fourth-order valence-electron chi connectivity index (χ4n) is 1.01. The summed E-state index contributed by atoms with van der Waals surface area (Å²) in [5, 5.41) is 18.6. The highest BCUT2D eigenvalue weighted by Crippen LogP contribution is 2.28. The molecule has 0 aliphatic carbocycles. The molecular weight excluding hydrogens is 184 g/mol. The van der Waals surface area contributed by atoms with Crippen LogP contribution in [0.25, 0.3) is 0 Å². The van der Waals surface area contributed by atoms with Crippen molar-refractivity contribution in [3.63, 3.8) is 0 Å². The summed E-state index contributed by atoms with van der Waals surface area (Å²) in [7, 11) is 0. The zero-order valence-corrected chi connectivity index (χ0v) is 7.71. The van der Waals surface area contributed by atoms with Crippen LogP contribution >= 0.6 is 0 Å². The molecule has 2 N–H and O–H groups in total. The van der Waals surface area contributed by atoms with Gasteiger partial charge < -0.3 is 10.2 Å². The Morgan fingerprint density at radius 2 is 1.36 bits per heavy atom. The van der Waals surface area contributed by atoms with Crippen molar-refractivity contribution in [2.45, 2.75) is 13.8 Å². The minimum absolute atomic E-state index is 0.340. The van der Waals surface area contributed by atoms with E-state index in [1.807, 2.05) is 0 Å². The number of ketones is 2. The first-order chi connectivity index (χ1) is 7.29. The molecule has 0 radical (unpaired) electrons. The Bertz CT molecular complexity index is 449. The molecule has 0 saturated heterocycles. The van der Waals surface area contributed by atoms with Crippen molar-refractivity contribution in [3.8, 4) is 11.5 Å². The molecule has 14 heavy (non-hydrogen) atoms. The van der Waals surface area contributed by atoms with Crippen LogP contribution in [0.3, 0.4) is 0 Å². The lowest BCUT2D eigenvalue weighted by Crippen LogP contribution is -2.03. The molecular formula is C10H10O4. The molecule has 1 aromatic carbocycles. The van der Waals surface area contributed by atoms with Gasteiger partial charge in [0.05, 0.1) is 2.74 Å². The van der Waals surface area contributed by atoms with Gasteiger partial charge in [-0.25, -0.2) is 0 Å². The Hall–Kier alpha value is -1.84. The molecule has 0 unspecified atom stereocenters. The number of carbonyl (C=O) groups excluding carboxylic acids is 2. The second-order valence-electron chi connectivity index (χ2n) is 2.81. The number of aromatic hydroxyl groups is 2. The van der Waals surface area contributed by atoms with Crippen molar-refractivity contribution in [3.05, 3.63) is 23.2 Å². The number of benzene rings is 1. The van der Waals surface area contributed by atoms with E-state index in [0.717, 1.165) is 13.8 Å². The zero-order valence-electron chi connectivity index (χ0n) is 9.71. The number of Topliss-reactive ketones (excluding diaryl/α,β-unsaturated/α-hetero) is 2. The fraction of sp³-hybridized carbons (Fsp3) is 0.200. The average Bonchev–Trinajstić information content (AvgIpc) is 2.18. The monoisotopic (exact) mass is 196 g/mol. The molecule has 1 rings (SSSR count). The summed E-state index contributed by atoms with van der Waals surface area (Å²) in [6, 6.07) is -1.27. The van der Waals surface area contributed by atoms with Crippen LogP contribution in [0.4, 0.5) is 0 Å². The summed E-state index contributed by atoms with van der Waals surface area (Å²) in [4.78, 5) is 22.5. The number of carbonyl (C=O) groups is 2. The first-order valence-corrected chi connectivity index (χ1v) is 3.86. The van der Waals surface area contributed by atoms with E-state index in [1.54, 1.807) is 0 Å². The summed E-state index contributed by atoms with van der Waals surface area (Å²) >= 11 is 0. The van der Waals surface area contributed by atoms with Crippen molar-refractivity contribution >= 4 is 11.6 Å². The average molecular weight is 196 g/mol. The van der Waals surface area contributed by atoms with Crippen LogP contribution in [0.15, 0.2) is 12.1 Å². The maximum atomic E-state index is 11.3. The summed E-state index contributed by atoms with van der Waals surface area (Å²) in [5.74, 6) is -2.95. The molecule has 0 aromatic heterocycles. The standard InChI is InChI=1S/C10H10O4/c1-5(11)7-3-9(13)10(14)4-8(7)6(2)12/h3-4,13-14H,1-2H3/i3D,4D. The van der Waals surface area contributed by atoms with Gasteiger partial charge in [-0.05, 0) is 25.9 Å². The number of phenols is 2. The van der Waals surface area contributed by atoms with Crippen LogP contribution in [0.2, 0.25) is 0 Å². The minimum Gasteiger partial charge on any atom is -0.504 e. The van der Waals surface area contributed by atoms with Crippen LogP contribution in [-0.2, 0) is 0 Å². The van der Waals surface area contributed by atoms with Crippen LogP contribution < -0.4 is 0 Å². The van der Waals surface area contributed by atoms with Crippen LogP contribution in [0, 0.1) is 0 Å². The van der Waals surface area contributed by atoms with Gasteiger partial charge in [0.2, 0.25) is 0 Å². The van der Waals surface area contributed by atoms with Gasteiger partial charge in [-0.3, -0.25) is 9.59 Å². The van der Waals surface area contributed by atoms with E-state index in [2.05, 4.69) is 0 Å². The van der Waals surface area contributed by atoms with Gasteiger partial charge in [-0.2, -0.15) is 0 Å². The predicted molar refractivity (Wildman–Crippen MR) is 49.8 cm³/mol. The number of phenolic OH excluding ortho intramolecular Hbond substituents is 2. The van der Waals surface area contributed by atoms with Crippen molar-refractivity contribution in [1.82, 2.24) is 0 Å². The molecule has 0 amide bonds. The first kappa shape index (κ1) is 7.55. The quantitative estimate of drug-likeness (QED) is 0.555. The van der Waals surface area contributed by atoms with Gasteiger partial charge >= 0.3 is 0 Å². The Kier molecular flexibility index (Phi) is 1.88. The van der Waals surface area contributed by atoms with Crippen molar-refractivity contribution in [1.29, 1.82) is 0 Å². The molecule has 0 saturated carbocycles. The molecule has 0 atom stereocenters. The molecule has 4 heteroatoms. The molecule has 0 fully saturated rings. The molecule has 0 aliphatic rings. The largest absolute Gasteiger partial charge is 0.504 e. The third kappa shape index (κ3) is 1.74. The maximum absolute atomic E-state index is 11.3. The summed E-state index contributed by atoms with van der Waals surface area (Å²) < 4.78 is 14.9. The van der Waals surface area contributed by atoms with Gasteiger partial charge in [-0.1, -0.05) is 0 Å². The smallest absolute Gasteiger partial charge is 0.160 e. The normalized spacial score (nSPS) is 11.9. The lowest BCUT2D eigenvalue weighted by Gasteiger charge is -2.05. The highest BCUT2D eigenvalue weighted by atomic mass is 16.3. The zero-order chi connectivity index (χ0) is 12.6. The molecule has 0 bridgehead atoms. The van der Waals surface area contributed by atoms with E-state index < -0.39 is 35.2 Å². The maximum Gasteiger partial charge on any atom is 0.160 e. The lowest BCUT2D eigenvalue weighted by atomic mass is 10.0.